The summed E-state index contributed by atoms with van der Waals surface area (Å²) >= 11 is 0. The van der Waals surface area contributed by atoms with Gasteiger partial charge in [-0.25, -0.2) is 0 Å². The van der Waals surface area contributed by atoms with Crippen molar-refractivity contribution >= 4 is 24.2 Å². The molecule has 3 rings (SSSR count). The number of rotatable bonds is 13. The molecule has 16 heteroatoms. The second-order valence-electron chi connectivity index (χ2n) is 16.5. The molecule has 0 unspecified atom stereocenters. The van der Waals surface area contributed by atoms with Gasteiger partial charge in [0.05, 0.1) is 36.9 Å². The minimum Gasteiger partial charge on any atom is -0.462 e. The Morgan fingerprint density at radius 1 is 1.02 bits per heavy atom. The SMILES string of the molecule is CCCCC(=O)O[C@@H]1[C@@H](C)O[C@@H](O[C@H]2[C@H](N(C)C)[C@@H](O)[C@H](O[C@H]3[C@@H](CC=O)C[C@@H](C)[C@@H](O)/C=C/C=C/C[C@@H](C)OC(=O)C[C@@H](OC(C)=O)[C@@H]3OC)O[C@@H]2C)C[C@]1(C)O. The van der Waals surface area contributed by atoms with Gasteiger partial charge in [0.1, 0.15) is 42.4 Å². The van der Waals surface area contributed by atoms with Crippen LogP contribution in [0.1, 0.15) is 99.8 Å². The van der Waals surface area contributed by atoms with E-state index < -0.39 is 121 Å². The lowest BCUT2D eigenvalue weighted by Crippen LogP contribution is -2.66. The van der Waals surface area contributed by atoms with Gasteiger partial charge in [-0.15, -0.1) is 0 Å². The van der Waals surface area contributed by atoms with E-state index in [2.05, 4.69) is 0 Å². The van der Waals surface area contributed by atoms with E-state index in [1.807, 2.05) is 19.9 Å². The zero-order chi connectivity index (χ0) is 43.3. The van der Waals surface area contributed by atoms with E-state index in [1.165, 1.54) is 14.0 Å². The number of likely N-dealkylation sites (N-methyl/N-ethyl adjacent to an activating group) is 1. The Labute approximate surface area is 343 Å². The van der Waals surface area contributed by atoms with E-state index in [0.717, 1.165) is 6.42 Å². The van der Waals surface area contributed by atoms with Crippen LogP contribution in [0.2, 0.25) is 0 Å². The molecule has 0 bridgehead atoms. The minimum atomic E-state index is -1.49. The lowest BCUT2D eigenvalue weighted by molar-refractivity contribution is -0.344. The number of cyclic esters (lactones) is 1. The number of nitrogens with zero attached hydrogens (tertiary/aromatic N) is 1. The van der Waals surface area contributed by atoms with Gasteiger partial charge in [-0.2, -0.15) is 0 Å². The maximum Gasteiger partial charge on any atom is 0.309 e. The molecule has 0 spiro atoms. The fraction of sp³-hybridized carbons (Fsp3) is 0.810. The highest BCUT2D eigenvalue weighted by Gasteiger charge is 2.53. The van der Waals surface area contributed by atoms with Crippen molar-refractivity contribution in [3.8, 4) is 0 Å². The van der Waals surface area contributed by atoms with E-state index in [4.69, 9.17) is 37.9 Å². The molecule has 16 nitrogen and oxygen atoms in total. The lowest BCUT2D eigenvalue weighted by Gasteiger charge is -2.50. The summed E-state index contributed by atoms with van der Waals surface area (Å²) in [5.74, 6) is -2.87. The number of hydrogen-bond donors (Lipinski definition) is 3. The van der Waals surface area contributed by atoms with Gasteiger partial charge in [0.2, 0.25) is 0 Å². The van der Waals surface area contributed by atoms with Gasteiger partial charge in [0, 0.05) is 39.7 Å². The van der Waals surface area contributed by atoms with E-state index in [-0.39, 0.29) is 25.7 Å². The number of aldehydes is 1. The highest BCUT2D eigenvalue weighted by atomic mass is 16.7. The fourth-order valence-electron chi connectivity index (χ4n) is 8.08. The summed E-state index contributed by atoms with van der Waals surface area (Å²) in [6.45, 7) is 11.7. The number of unbranched alkanes of at least 4 members (excludes halogenated alkanes) is 1. The third-order valence-corrected chi connectivity index (χ3v) is 11.1. The summed E-state index contributed by atoms with van der Waals surface area (Å²) in [7, 11) is 4.86. The zero-order valence-electron chi connectivity index (χ0n) is 35.9. The van der Waals surface area contributed by atoms with E-state index >= 15 is 0 Å². The minimum absolute atomic E-state index is 0.0400. The average Bonchev–Trinajstić information content (AvgIpc) is 3.12. The van der Waals surface area contributed by atoms with Gasteiger partial charge in [0.25, 0.3) is 0 Å². The third-order valence-electron chi connectivity index (χ3n) is 11.1. The number of carbonyl (C=O) groups excluding carboxylic acids is 4. The quantitative estimate of drug-likeness (QED) is 0.139. The summed E-state index contributed by atoms with van der Waals surface area (Å²) in [4.78, 5) is 52.2. The molecule has 0 aromatic rings. The molecule has 3 aliphatic heterocycles. The van der Waals surface area contributed by atoms with E-state index in [0.29, 0.717) is 19.1 Å². The van der Waals surface area contributed by atoms with Crippen molar-refractivity contribution in [1.82, 2.24) is 4.90 Å². The van der Waals surface area contributed by atoms with Crippen LogP contribution in [-0.2, 0) is 57.1 Å². The summed E-state index contributed by atoms with van der Waals surface area (Å²) in [6, 6.07) is -0.779. The Balaban J connectivity index is 1.97. The van der Waals surface area contributed by atoms with Crippen molar-refractivity contribution in [2.24, 2.45) is 11.8 Å². The smallest absolute Gasteiger partial charge is 0.309 e. The highest BCUT2D eigenvalue weighted by molar-refractivity contribution is 5.72. The molecular formula is C42H69NO15. The molecule has 0 saturated carbocycles. The highest BCUT2D eigenvalue weighted by Crippen LogP contribution is 2.38. The molecule has 0 amide bonds. The molecule has 0 radical (unpaired) electrons. The second kappa shape index (κ2) is 23.3. The predicted molar refractivity (Wildman–Crippen MR) is 210 cm³/mol. The molecule has 58 heavy (non-hydrogen) atoms. The number of aliphatic hydroxyl groups excluding tert-OH is 2. The van der Waals surface area contributed by atoms with Crippen molar-refractivity contribution in [3.63, 3.8) is 0 Å². The molecule has 0 aliphatic carbocycles. The molecular weight excluding hydrogens is 758 g/mol. The Morgan fingerprint density at radius 2 is 1.72 bits per heavy atom. The first-order valence-electron chi connectivity index (χ1n) is 20.6. The average molecular weight is 828 g/mol. The Bertz CT molecular complexity index is 1370. The summed E-state index contributed by atoms with van der Waals surface area (Å²) in [6.07, 6.45) is -2.53. The number of esters is 3. The summed E-state index contributed by atoms with van der Waals surface area (Å²) < 4.78 is 48.5. The monoisotopic (exact) mass is 827 g/mol. The summed E-state index contributed by atoms with van der Waals surface area (Å²) in [5, 5.41) is 34.6. The van der Waals surface area contributed by atoms with Gasteiger partial charge in [-0.1, -0.05) is 44.6 Å². The molecule has 332 valence electrons. The van der Waals surface area contributed by atoms with E-state index in [9.17, 15) is 34.5 Å². The van der Waals surface area contributed by atoms with Crippen molar-refractivity contribution in [2.75, 3.05) is 21.2 Å². The van der Waals surface area contributed by atoms with Crippen LogP contribution >= 0.6 is 0 Å². The van der Waals surface area contributed by atoms with Crippen molar-refractivity contribution in [3.05, 3.63) is 24.3 Å². The van der Waals surface area contributed by atoms with Crippen molar-refractivity contribution < 1.29 is 72.4 Å². The normalized spacial score (nSPS) is 40.6. The topological polar surface area (TPSA) is 206 Å². The molecule has 0 aromatic carbocycles. The Hall–Kier alpha value is -2.80. The maximum atomic E-state index is 13.2. The van der Waals surface area contributed by atoms with Crippen LogP contribution in [0.5, 0.6) is 0 Å². The van der Waals surface area contributed by atoms with Crippen molar-refractivity contribution in [2.45, 2.75) is 185 Å². The molecule has 3 heterocycles. The fourth-order valence-corrected chi connectivity index (χ4v) is 8.08. The van der Waals surface area contributed by atoms with Gasteiger partial charge in [0.15, 0.2) is 18.7 Å². The zero-order valence-corrected chi connectivity index (χ0v) is 35.9. The van der Waals surface area contributed by atoms with Crippen LogP contribution in [0.4, 0.5) is 0 Å². The standard InChI is InChI=1S/C42H69NO15/c1-11-12-18-32(47)56-40-27(5)53-34(23-42(40,7)50)57-37-26(4)54-41(36(49)35(37)43(8)9)58-38-29(19-20-44)21-24(2)30(46)17-15-13-14-16-25(3)52-33(48)22-31(39(38)51-10)55-28(6)45/h13-15,17,20,24-27,29-31,34-41,46,49-50H,11-12,16,18-19,21-23H2,1-10H3/b14-13+,17-15+/t24-,25-,26-,27-,29+,30+,31-,34+,35-,36-,37-,38+,39+,40-,41+,42+/m1/s1. The van der Waals surface area contributed by atoms with E-state index in [1.54, 1.807) is 64.9 Å². The maximum absolute atomic E-state index is 13.2. The van der Waals surface area contributed by atoms with Crippen LogP contribution in [-0.4, -0.2) is 151 Å². The third kappa shape index (κ3) is 14.2. The first kappa shape index (κ1) is 49.6. The number of methoxy groups -OCH3 is 1. The van der Waals surface area contributed by atoms with Crippen LogP contribution in [0.3, 0.4) is 0 Å². The van der Waals surface area contributed by atoms with Crippen LogP contribution in [0.25, 0.3) is 0 Å². The summed E-state index contributed by atoms with van der Waals surface area (Å²) in [5.41, 5.74) is -1.49. The molecule has 2 fully saturated rings. The molecule has 0 aromatic heterocycles. The largest absolute Gasteiger partial charge is 0.462 e. The van der Waals surface area contributed by atoms with Crippen LogP contribution in [0, 0.1) is 11.8 Å². The first-order valence-corrected chi connectivity index (χ1v) is 20.6. The molecule has 2 saturated heterocycles. The van der Waals surface area contributed by atoms with Gasteiger partial charge >= 0.3 is 17.9 Å². The number of carbonyl (C=O) groups is 4. The molecule has 3 aliphatic rings. The van der Waals surface area contributed by atoms with Crippen LogP contribution in [0.15, 0.2) is 24.3 Å². The first-order chi connectivity index (χ1) is 27.3. The second-order valence-corrected chi connectivity index (χ2v) is 16.5. The number of hydrogen-bond acceptors (Lipinski definition) is 16. The molecule has 3 N–H and O–H groups in total. The number of aliphatic hydroxyl groups is 3. The lowest BCUT2D eigenvalue weighted by atomic mass is 9.82. The molecule has 16 atom stereocenters. The van der Waals surface area contributed by atoms with Gasteiger partial charge in [-0.3, -0.25) is 14.4 Å². The van der Waals surface area contributed by atoms with Crippen molar-refractivity contribution in [1.29, 1.82) is 0 Å². The Morgan fingerprint density at radius 3 is 2.33 bits per heavy atom. The van der Waals surface area contributed by atoms with Gasteiger partial charge in [-0.05, 0) is 66.5 Å². The number of ether oxygens (including phenoxy) is 8. The number of allylic oxidation sites excluding steroid dienone is 2. The Kier molecular flexibility index (Phi) is 19.9. The van der Waals surface area contributed by atoms with Crippen LogP contribution < -0.4 is 0 Å². The van der Waals surface area contributed by atoms with Gasteiger partial charge < -0.3 is 62.9 Å². The predicted octanol–water partition coefficient (Wildman–Crippen LogP) is 3.16.